The van der Waals surface area contributed by atoms with Gasteiger partial charge >= 0.3 is 0 Å². The van der Waals surface area contributed by atoms with E-state index in [4.69, 9.17) is 4.74 Å². The van der Waals surface area contributed by atoms with Crippen LogP contribution in [0.4, 0.5) is 0 Å². The summed E-state index contributed by atoms with van der Waals surface area (Å²) in [7, 11) is 1.77. The topological polar surface area (TPSA) is 58.5 Å². The summed E-state index contributed by atoms with van der Waals surface area (Å²) in [5, 5.41) is 7.69. The molecule has 0 spiro atoms. The lowest BCUT2D eigenvalue weighted by atomic mass is 10.3. The number of nitrogens with zero attached hydrogens (tertiary/aromatic N) is 2. The Hall–Kier alpha value is -1.35. The minimum absolute atomic E-state index is 0. The summed E-state index contributed by atoms with van der Waals surface area (Å²) in [4.78, 5) is 9.91. The van der Waals surface area contributed by atoms with Crippen LogP contribution in [-0.2, 0) is 6.54 Å². The highest BCUT2D eigenvalue weighted by molar-refractivity contribution is 14.0. The van der Waals surface area contributed by atoms with Crippen molar-refractivity contribution in [3.8, 4) is 5.75 Å². The third-order valence-electron chi connectivity index (χ3n) is 3.28. The molecular formula is C17H25IN4OS. The highest BCUT2D eigenvalue weighted by Gasteiger charge is 2.08. The number of hydrogen-bond donors (Lipinski definition) is 2. The van der Waals surface area contributed by atoms with E-state index in [1.807, 2.05) is 51.1 Å². The molecule has 0 bridgehead atoms. The van der Waals surface area contributed by atoms with Gasteiger partial charge in [0.25, 0.3) is 0 Å². The number of aliphatic imine (C=N–C) groups is 1. The van der Waals surface area contributed by atoms with E-state index in [1.54, 1.807) is 18.4 Å². The van der Waals surface area contributed by atoms with Crippen molar-refractivity contribution in [3.05, 3.63) is 45.9 Å². The highest BCUT2D eigenvalue weighted by atomic mass is 127. The molecule has 7 heteroatoms. The van der Waals surface area contributed by atoms with Crippen molar-refractivity contribution in [2.75, 3.05) is 13.6 Å². The minimum Gasteiger partial charge on any atom is -0.489 e. The second kappa shape index (κ2) is 10.5. The predicted molar refractivity (Wildman–Crippen MR) is 112 cm³/mol. The fourth-order valence-corrected chi connectivity index (χ4v) is 3.01. The molecule has 0 fully saturated rings. The first-order valence-corrected chi connectivity index (χ1v) is 8.49. The van der Waals surface area contributed by atoms with E-state index >= 15 is 0 Å². The zero-order valence-corrected chi connectivity index (χ0v) is 17.6. The van der Waals surface area contributed by atoms with Crippen molar-refractivity contribution in [2.24, 2.45) is 4.99 Å². The average molecular weight is 460 g/mol. The van der Waals surface area contributed by atoms with Crippen molar-refractivity contribution in [1.82, 2.24) is 15.6 Å². The summed E-state index contributed by atoms with van der Waals surface area (Å²) in [6.45, 7) is 7.49. The third kappa shape index (κ3) is 6.64. The first-order valence-electron chi connectivity index (χ1n) is 7.67. The molecule has 1 unspecified atom stereocenters. The Kier molecular flexibility index (Phi) is 9.05. The largest absolute Gasteiger partial charge is 0.489 e. The lowest BCUT2D eigenvalue weighted by molar-refractivity contribution is 0.224. The lowest BCUT2D eigenvalue weighted by Gasteiger charge is -2.17. The number of nitrogens with one attached hydrogen (secondary N) is 2. The zero-order chi connectivity index (χ0) is 16.7. The molecule has 5 nitrogen and oxygen atoms in total. The van der Waals surface area contributed by atoms with Gasteiger partial charge in [-0.15, -0.1) is 35.3 Å². The smallest absolute Gasteiger partial charge is 0.191 e. The Bertz CT molecular complexity index is 645. The zero-order valence-electron chi connectivity index (χ0n) is 14.5. The Balaban J connectivity index is 0.00000288. The summed E-state index contributed by atoms with van der Waals surface area (Å²) in [5.74, 6) is 1.64. The van der Waals surface area contributed by atoms with Crippen LogP contribution in [0.5, 0.6) is 5.75 Å². The molecule has 0 saturated heterocycles. The van der Waals surface area contributed by atoms with E-state index in [9.17, 15) is 0 Å². The number of rotatable bonds is 6. The summed E-state index contributed by atoms with van der Waals surface area (Å²) >= 11 is 1.71. The van der Waals surface area contributed by atoms with Gasteiger partial charge in [0.1, 0.15) is 11.9 Å². The quantitative estimate of drug-likeness (QED) is 0.394. The third-order valence-corrected chi connectivity index (χ3v) is 4.35. The van der Waals surface area contributed by atoms with Crippen LogP contribution >= 0.6 is 35.3 Å². The second-order valence-electron chi connectivity index (χ2n) is 5.29. The first kappa shape index (κ1) is 20.7. The lowest BCUT2D eigenvalue weighted by Crippen LogP contribution is -2.41. The molecule has 0 aliphatic heterocycles. The van der Waals surface area contributed by atoms with E-state index in [0.29, 0.717) is 6.54 Å². The van der Waals surface area contributed by atoms with Crippen molar-refractivity contribution in [2.45, 2.75) is 33.4 Å². The Morgan fingerprint density at radius 2 is 1.96 bits per heavy atom. The SMILES string of the molecule is CN=C(NCc1sc(C)nc1C)NCC(C)Oc1ccccc1.I. The van der Waals surface area contributed by atoms with Gasteiger partial charge in [0.2, 0.25) is 0 Å². The summed E-state index contributed by atoms with van der Waals surface area (Å²) in [6, 6.07) is 9.83. The highest BCUT2D eigenvalue weighted by Crippen LogP contribution is 2.16. The van der Waals surface area contributed by atoms with Crippen LogP contribution in [0.3, 0.4) is 0 Å². The van der Waals surface area contributed by atoms with E-state index in [2.05, 4.69) is 20.6 Å². The molecule has 0 aliphatic rings. The molecule has 0 aliphatic carbocycles. The van der Waals surface area contributed by atoms with Crippen molar-refractivity contribution in [3.63, 3.8) is 0 Å². The number of para-hydroxylation sites is 1. The number of aromatic nitrogens is 1. The van der Waals surface area contributed by atoms with Gasteiger partial charge in [0, 0.05) is 11.9 Å². The maximum atomic E-state index is 5.84. The molecular weight excluding hydrogens is 435 g/mol. The summed E-state index contributed by atoms with van der Waals surface area (Å²) < 4.78 is 5.84. The van der Waals surface area contributed by atoms with Gasteiger partial charge in [-0.1, -0.05) is 18.2 Å². The molecule has 2 aromatic rings. The van der Waals surface area contributed by atoms with E-state index in [-0.39, 0.29) is 30.1 Å². The number of aryl methyl sites for hydroxylation is 2. The van der Waals surface area contributed by atoms with Gasteiger partial charge in [0.05, 0.1) is 23.8 Å². The average Bonchev–Trinajstić information content (AvgIpc) is 2.86. The summed E-state index contributed by atoms with van der Waals surface area (Å²) in [6.07, 6.45) is 0.0448. The molecule has 0 radical (unpaired) electrons. The predicted octanol–water partition coefficient (Wildman–Crippen LogP) is 3.51. The minimum atomic E-state index is 0. The van der Waals surface area contributed by atoms with Crippen molar-refractivity contribution < 1.29 is 4.74 Å². The van der Waals surface area contributed by atoms with Crippen LogP contribution in [0.1, 0.15) is 22.5 Å². The Morgan fingerprint density at radius 1 is 1.25 bits per heavy atom. The van der Waals surface area contributed by atoms with E-state index in [1.165, 1.54) is 4.88 Å². The maximum Gasteiger partial charge on any atom is 0.191 e. The normalized spacial score (nSPS) is 12.2. The molecule has 0 amide bonds. The van der Waals surface area contributed by atoms with Gasteiger partial charge in [-0.25, -0.2) is 4.98 Å². The molecule has 2 N–H and O–H groups in total. The van der Waals surface area contributed by atoms with Gasteiger partial charge < -0.3 is 15.4 Å². The molecule has 1 aromatic heterocycles. The van der Waals surface area contributed by atoms with Crippen LogP contribution in [0.15, 0.2) is 35.3 Å². The van der Waals surface area contributed by atoms with Crippen LogP contribution in [-0.4, -0.2) is 30.6 Å². The molecule has 2 rings (SSSR count). The number of halogens is 1. The van der Waals surface area contributed by atoms with Gasteiger partial charge in [-0.3, -0.25) is 4.99 Å². The van der Waals surface area contributed by atoms with Crippen molar-refractivity contribution in [1.29, 1.82) is 0 Å². The van der Waals surface area contributed by atoms with Crippen molar-refractivity contribution >= 4 is 41.3 Å². The number of benzene rings is 1. The fraction of sp³-hybridized carbons (Fsp3) is 0.412. The first-order chi connectivity index (χ1) is 11.1. The Labute approximate surface area is 165 Å². The number of thiazole rings is 1. The monoisotopic (exact) mass is 460 g/mol. The van der Waals surface area contributed by atoms with Crippen LogP contribution in [0, 0.1) is 13.8 Å². The van der Waals surface area contributed by atoms with Gasteiger partial charge in [0.15, 0.2) is 5.96 Å². The summed E-state index contributed by atoms with van der Waals surface area (Å²) in [5.41, 5.74) is 1.08. The second-order valence-corrected chi connectivity index (χ2v) is 6.58. The Morgan fingerprint density at radius 3 is 2.54 bits per heavy atom. The molecule has 1 atom stereocenters. The number of hydrogen-bond acceptors (Lipinski definition) is 4. The number of guanidine groups is 1. The molecule has 0 saturated carbocycles. The molecule has 132 valence electrons. The van der Waals surface area contributed by atoms with Crippen LogP contribution in [0.2, 0.25) is 0 Å². The molecule has 1 aromatic carbocycles. The van der Waals surface area contributed by atoms with E-state index < -0.39 is 0 Å². The van der Waals surface area contributed by atoms with Gasteiger partial charge in [-0.05, 0) is 32.9 Å². The maximum absolute atomic E-state index is 5.84. The molecule has 24 heavy (non-hydrogen) atoms. The standard InChI is InChI=1S/C17H24N4OS.HI/c1-12(22-15-8-6-5-7-9-15)10-19-17(18-4)20-11-16-13(2)21-14(3)23-16;/h5-9,12H,10-11H2,1-4H3,(H2,18,19,20);1H. The number of ether oxygens (including phenoxy) is 1. The fourth-order valence-electron chi connectivity index (χ4n) is 2.14. The van der Waals surface area contributed by atoms with Crippen LogP contribution in [0.25, 0.3) is 0 Å². The van der Waals surface area contributed by atoms with Crippen LogP contribution < -0.4 is 15.4 Å². The van der Waals surface area contributed by atoms with Gasteiger partial charge in [-0.2, -0.15) is 0 Å². The molecule has 1 heterocycles. The van der Waals surface area contributed by atoms with E-state index in [0.717, 1.165) is 29.0 Å².